The van der Waals surface area contributed by atoms with E-state index < -0.39 is 5.91 Å². The average Bonchev–Trinajstić information content (AvgIpc) is 3.01. The van der Waals surface area contributed by atoms with Gasteiger partial charge in [-0.3, -0.25) is 19.8 Å². The fourth-order valence-corrected chi connectivity index (χ4v) is 3.27. The second-order valence-electron chi connectivity index (χ2n) is 5.64. The zero-order valence-corrected chi connectivity index (χ0v) is 12.1. The molecule has 1 aliphatic carbocycles. The van der Waals surface area contributed by atoms with Crippen molar-refractivity contribution in [3.05, 3.63) is 11.9 Å². The molecule has 2 heterocycles. The molecule has 1 saturated heterocycles. The maximum atomic E-state index is 11.3. The minimum absolute atomic E-state index is 0.245. The van der Waals surface area contributed by atoms with E-state index in [0.717, 1.165) is 19.7 Å². The highest BCUT2D eigenvalue weighted by atomic mass is 16.5. The van der Waals surface area contributed by atoms with Crippen LogP contribution in [-0.4, -0.2) is 57.6 Å². The molecule has 2 fully saturated rings. The number of nitrogen functional groups attached to an aromatic ring is 1. The van der Waals surface area contributed by atoms with E-state index in [1.54, 1.807) is 10.9 Å². The van der Waals surface area contributed by atoms with E-state index in [4.69, 9.17) is 10.6 Å². The number of aromatic nitrogens is 3. The first-order valence-corrected chi connectivity index (χ1v) is 7.54. The molecule has 1 aromatic rings. The van der Waals surface area contributed by atoms with Gasteiger partial charge in [0.05, 0.1) is 25.5 Å². The molecule has 1 saturated carbocycles. The fourth-order valence-electron chi connectivity index (χ4n) is 3.27. The Labute approximate surface area is 123 Å². The summed E-state index contributed by atoms with van der Waals surface area (Å²) < 4.78 is 7.56. The minimum atomic E-state index is -0.417. The lowest BCUT2D eigenvalue weighted by molar-refractivity contribution is -0.0889. The molecule has 3 rings (SSSR count). The van der Waals surface area contributed by atoms with E-state index in [0.29, 0.717) is 18.7 Å². The standard InChI is InChI=1S/C13H22N6O2/c14-15-13(20)10-9-19(17-16-10)6-5-18-7-8-21-12-4-2-1-3-11(12)18/h9,11-12H,1-8,14H2,(H,15,20). The Bertz CT molecular complexity index is 489. The molecule has 1 aromatic heterocycles. The molecule has 2 unspecified atom stereocenters. The summed E-state index contributed by atoms with van der Waals surface area (Å²) in [7, 11) is 0. The van der Waals surface area contributed by atoms with Gasteiger partial charge in [-0.1, -0.05) is 18.1 Å². The minimum Gasteiger partial charge on any atom is -0.375 e. The number of carbonyl (C=O) groups is 1. The smallest absolute Gasteiger partial charge is 0.287 e. The third kappa shape index (κ3) is 3.22. The van der Waals surface area contributed by atoms with Crippen molar-refractivity contribution in [2.45, 2.75) is 44.4 Å². The van der Waals surface area contributed by atoms with Gasteiger partial charge in [0.15, 0.2) is 5.69 Å². The van der Waals surface area contributed by atoms with Gasteiger partial charge >= 0.3 is 0 Å². The van der Waals surface area contributed by atoms with Gasteiger partial charge in [-0.2, -0.15) is 0 Å². The zero-order valence-electron chi connectivity index (χ0n) is 12.1. The lowest BCUT2D eigenvalue weighted by atomic mass is 9.90. The molecule has 2 atom stereocenters. The maximum Gasteiger partial charge on any atom is 0.287 e. The fraction of sp³-hybridized carbons (Fsp3) is 0.769. The van der Waals surface area contributed by atoms with Gasteiger partial charge in [0.25, 0.3) is 5.91 Å². The predicted molar refractivity (Wildman–Crippen MR) is 75.2 cm³/mol. The van der Waals surface area contributed by atoms with Crippen molar-refractivity contribution in [3.8, 4) is 0 Å². The number of hydrogen-bond acceptors (Lipinski definition) is 6. The topological polar surface area (TPSA) is 98.3 Å². The van der Waals surface area contributed by atoms with Crippen molar-refractivity contribution in [3.63, 3.8) is 0 Å². The van der Waals surface area contributed by atoms with Gasteiger partial charge in [0, 0.05) is 19.1 Å². The Morgan fingerprint density at radius 3 is 3.14 bits per heavy atom. The summed E-state index contributed by atoms with van der Waals surface area (Å²) in [5, 5.41) is 7.78. The number of amides is 1. The molecule has 1 amide bonds. The lowest BCUT2D eigenvalue weighted by Gasteiger charge is -2.43. The average molecular weight is 294 g/mol. The van der Waals surface area contributed by atoms with E-state index in [2.05, 4.69) is 20.6 Å². The van der Waals surface area contributed by atoms with Crippen molar-refractivity contribution >= 4 is 5.91 Å². The summed E-state index contributed by atoms with van der Waals surface area (Å²) in [6.07, 6.45) is 6.96. The van der Waals surface area contributed by atoms with Gasteiger partial charge in [-0.25, -0.2) is 5.84 Å². The zero-order chi connectivity index (χ0) is 14.7. The van der Waals surface area contributed by atoms with Crippen molar-refractivity contribution < 1.29 is 9.53 Å². The number of hydrazine groups is 1. The Morgan fingerprint density at radius 2 is 2.29 bits per heavy atom. The number of nitrogens with one attached hydrogen (secondary N) is 1. The monoisotopic (exact) mass is 294 g/mol. The Kier molecular flexibility index (Phi) is 4.47. The maximum absolute atomic E-state index is 11.3. The van der Waals surface area contributed by atoms with E-state index in [1.165, 1.54) is 25.7 Å². The summed E-state index contributed by atoms with van der Waals surface area (Å²) in [6.45, 7) is 3.39. The van der Waals surface area contributed by atoms with Gasteiger partial charge in [-0.05, 0) is 12.8 Å². The molecule has 116 valence electrons. The third-order valence-electron chi connectivity index (χ3n) is 4.37. The number of rotatable bonds is 4. The first-order valence-electron chi connectivity index (χ1n) is 7.54. The second kappa shape index (κ2) is 6.50. The summed E-state index contributed by atoms with van der Waals surface area (Å²) in [4.78, 5) is 13.8. The van der Waals surface area contributed by atoms with Crippen molar-refractivity contribution in [2.75, 3.05) is 19.7 Å². The van der Waals surface area contributed by atoms with Crippen LogP contribution in [0.1, 0.15) is 36.2 Å². The predicted octanol–water partition coefficient (Wildman–Crippen LogP) is -0.475. The van der Waals surface area contributed by atoms with Crippen LogP contribution >= 0.6 is 0 Å². The molecule has 0 radical (unpaired) electrons. The summed E-state index contributed by atoms with van der Waals surface area (Å²) in [5.74, 6) is 4.66. The Morgan fingerprint density at radius 1 is 1.43 bits per heavy atom. The largest absolute Gasteiger partial charge is 0.375 e. The molecule has 0 aromatic carbocycles. The van der Waals surface area contributed by atoms with Crippen molar-refractivity contribution in [1.82, 2.24) is 25.3 Å². The van der Waals surface area contributed by atoms with Crippen LogP contribution in [-0.2, 0) is 11.3 Å². The number of ether oxygens (including phenoxy) is 1. The molecule has 8 nitrogen and oxygen atoms in total. The van der Waals surface area contributed by atoms with Crippen LogP contribution < -0.4 is 11.3 Å². The number of hydrogen-bond donors (Lipinski definition) is 2. The first kappa shape index (κ1) is 14.4. The number of fused-ring (bicyclic) bond motifs is 1. The van der Waals surface area contributed by atoms with Crippen LogP contribution in [0.5, 0.6) is 0 Å². The quantitative estimate of drug-likeness (QED) is 0.442. The summed E-state index contributed by atoms with van der Waals surface area (Å²) >= 11 is 0. The Balaban J connectivity index is 1.56. The molecule has 21 heavy (non-hydrogen) atoms. The normalized spacial score (nSPS) is 26.3. The second-order valence-corrected chi connectivity index (χ2v) is 5.64. The van der Waals surface area contributed by atoms with Crippen LogP contribution in [0, 0.1) is 0 Å². The number of morpholine rings is 1. The highest BCUT2D eigenvalue weighted by molar-refractivity contribution is 5.91. The molecular formula is C13H22N6O2. The molecule has 2 aliphatic rings. The SMILES string of the molecule is NNC(=O)c1cn(CCN2CCOC3CCCCC32)nn1. The van der Waals surface area contributed by atoms with Crippen LogP contribution in [0.3, 0.4) is 0 Å². The first-order chi connectivity index (χ1) is 10.3. The van der Waals surface area contributed by atoms with Crippen molar-refractivity contribution in [1.29, 1.82) is 0 Å². The van der Waals surface area contributed by atoms with E-state index >= 15 is 0 Å². The Hall–Kier alpha value is -1.51. The van der Waals surface area contributed by atoms with Gasteiger partial charge < -0.3 is 4.74 Å². The van der Waals surface area contributed by atoms with E-state index in [-0.39, 0.29) is 5.69 Å². The van der Waals surface area contributed by atoms with Crippen LogP contribution in [0.2, 0.25) is 0 Å². The van der Waals surface area contributed by atoms with Crippen LogP contribution in [0.25, 0.3) is 0 Å². The number of nitrogens with zero attached hydrogens (tertiary/aromatic N) is 4. The summed E-state index contributed by atoms with van der Waals surface area (Å²) in [5.41, 5.74) is 2.30. The number of carbonyl (C=O) groups excluding carboxylic acids is 1. The summed E-state index contributed by atoms with van der Waals surface area (Å²) in [6, 6.07) is 0.530. The molecule has 8 heteroatoms. The van der Waals surface area contributed by atoms with Crippen LogP contribution in [0.4, 0.5) is 0 Å². The van der Waals surface area contributed by atoms with Gasteiger partial charge in [0.2, 0.25) is 0 Å². The molecule has 0 spiro atoms. The lowest BCUT2D eigenvalue weighted by Crippen LogP contribution is -2.53. The highest BCUT2D eigenvalue weighted by Gasteiger charge is 2.33. The van der Waals surface area contributed by atoms with Crippen molar-refractivity contribution in [2.24, 2.45) is 5.84 Å². The number of nitrogens with two attached hydrogens (primary N) is 1. The molecule has 1 aliphatic heterocycles. The van der Waals surface area contributed by atoms with E-state index in [9.17, 15) is 4.79 Å². The highest BCUT2D eigenvalue weighted by Crippen LogP contribution is 2.28. The molecule has 3 N–H and O–H groups in total. The van der Waals surface area contributed by atoms with Crippen LogP contribution in [0.15, 0.2) is 6.20 Å². The molecular weight excluding hydrogens is 272 g/mol. The molecule has 0 bridgehead atoms. The van der Waals surface area contributed by atoms with Gasteiger partial charge in [-0.15, -0.1) is 5.10 Å². The third-order valence-corrected chi connectivity index (χ3v) is 4.37. The van der Waals surface area contributed by atoms with E-state index in [1.807, 2.05) is 0 Å². The van der Waals surface area contributed by atoms with Gasteiger partial charge in [0.1, 0.15) is 0 Å².